The van der Waals surface area contributed by atoms with Crippen LogP contribution in [0.1, 0.15) is 40.4 Å². The maximum absolute atomic E-state index is 12.8. The topological polar surface area (TPSA) is 20.3 Å². The van der Waals surface area contributed by atoms with Crippen molar-refractivity contribution in [3.8, 4) is 11.1 Å². The second-order valence-corrected chi connectivity index (χ2v) is 5.79. The molecule has 0 aromatic heterocycles. The first kappa shape index (κ1) is 11.7. The Hall–Kier alpha value is -2.09. The van der Waals surface area contributed by atoms with Crippen LogP contribution in [0.5, 0.6) is 0 Å². The molecule has 2 aliphatic heterocycles. The molecular weight excluding hydrogens is 246 g/mol. The van der Waals surface area contributed by atoms with E-state index in [4.69, 9.17) is 0 Å². The number of benzene rings is 2. The van der Waals surface area contributed by atoms with Crippen molar-refractivity contribution in [2.75, 3.05) is 6.54 Å². The van der Waals surface area contributed by atoms with E-state index in [1.807, 2.05) is 18.2 Å². The fourth-order valence-electron chi connectivity index (χ4n) is 3.59. The summed E-state index contributed by atoms with van der Waals surface area (Å²) in [6.07, 6.45) is 2.18. The standard InChI is InChI=1S/C18H17NO/c1-12-8-9-14-16(11-12)13-5-2-3-6-15(13)18(20)19-10-4-7-17(14)19/h2-3,5-6,8-9,11,17H,4,7,10H2,1H3/t17-/m0/s1. The van der Waals surface area contributed by atoms with Crippen molar-refractivity contribution in [1.29, 1.82) is 0 Å². The van der Waals surface area contributed by atoms with E-state index in [1.165, 1.54) is 16.7 Å². The Kier molecular flexibility index (Phi) is 2.46. The van der Waals surface area contributed by atoms with E-state index < -0.39 is 0 Å². The van der Waals surface area contributed by atoms with Crippen molar-refractivity contribution in [2.24, 2.45) is 0 Å². The van der Waals surface area contributed by atoms with Gasteiger partial charge in [-0.15, -0.1) is 0 Å². The lowest BCUT2D eigenvalue weighted by Crippen LogP contribution is -2.29. The zero-order valence-electron chi connectivity index (χ0n) is 11.6. The minimum Gasteiger partial charge on any atom is -0.332 e. The van der Waals surface area contributed by atoms with Crippen LogP contribution in [0.2, 0.25) is 0 Å². The third-order valence-corrected chi connectivity index (χ3v) is 4.53. The molecule has 2 heteroatoms. The highest BCUT2D eigenvalue weighted by molar-refractivity contribution is 6.03. The quantitative estimate of drug-likeness (QED) is 0.704. The van der Waals surface area contributed by atoms with Gasteiger partial charge >= 0.3 is 0 Å². The first-order valence-electron chi connectivity index (χ1n) is 7.26. The zero-order chi connectivity index (χ0) is 13.7. The van der Waals surface area contributed by atoms with Gasteiger partial charge in [0.15, 0.2) is 0 Å². The second kappa shape index (κ2) is 4.20. The van der Waals surface area contributed by atoms with Gasteiger partial charge in [-0.3, -0.25) is 4.79 Å². The zero-order valence-corrected chi connectivity index (χ0v) is 11.6. The predicted molar refractivity (Wildman–Crippen MR) is 79.6 cm³/mol. The molecule has 4 rings (SSSR count). The van der Waals surface area contributed by atoms with Gasteiger partial charge in [-0.25, -0.2) is 0 Å². The van der Waals surface area contributed by atoms with E-state index in [-0.39, 0.29) is 11.9 Å². The summed E-state index contributed by atoms with van der Waals surface area (Å²) in [5.41, 5.74) is 5.74. The van der Waals surface area contributed by atoms with E-state index in [9.17, 15) is 4.79 Å². The number of carbonyl (C=O) groups excluding carboxylic acids is 1. The van der Waals surface area contributed by atoms with Crippen molar-refractivity contribution in [3.63, 3.8) is 0 Å². The molecule has 0 radical (unpaired) electrons. The lowest BCUT2D eigenvalue weighted by molar-refractivity contribution is 0.0740. The van der Waals surface area contributed by atoms with E-state index in [0.29, 0.717) is 0 Å². The Balaban J connectivity index is 2.06. The molecule has 1 saturated heterocycles. The number of carbonyl (C=O) groups is 1. The van der Waals surface area contributed by atoms with Gasteiger partial charge in [-0.05, 0) is 42.5 Å². The van der Waals surface area contributed by atoms with Gasteiger partial charge in [0.1, 0.15) is 0 Å². The van der Waals surface area contributed by atoms with Crippen LogP contribution >= 0.6 is 0 Å². The van der Waals surface area contributed by atoms with E-state index >= 15 is 0 Å². The lowest BCUT2D eigenvalue weighted by Gasteiger charge is -2.23. The number of nitrogens with zero attached hydrogens (tertiary/aromatic N) is 1. The summed E-state index contributed by atoms with van der Waals surface area (Å²) in [4.78, 5) is 14.9. The van der Waals surface area contributed by atoms with Gasteiger partial charge in [-0.1, -0.05) is 42.0 Å². The van der Waals surface area contributed by atoms with E-state index in [2.05, 4.69) is 36.1 Å². The summed E-state index contributed by atoms with van der Waals surface area (Å²) in [5.74, 6) is 0.192. The van der Waals surface area contributed by atoms with Crippen molar-refractivity contribution in [2.45, 2.75) is 25.8 Å². The molecule has 2 aliphatic rings. The molecule has 20 heavy (non-hydrogen) atoms. The molecule has 0 aliphatic carbocycles. The molecular formula is C18H17NO. The third-order valence-electron chi connectivity index (χ3n) is 4.53. The Morgan fingerprint density at radius 3 is 2.70 bits per heavy atom. The molecule has 100 valence electrons. The maximum atomic E-state index is 12.8. The van der Waals surface area contributed by atoms with Crippen LogP contribution in [0.3, 0.4) is 0 Å². The third kappa shape index (κ3) is 1.54. The van der Waals surface area contributed by atoms with Crippen LogP contribution in [0, 0.1) is 6.92 Å². The minimum absolute atomic E-state index is 0.192. The Morgan fingerprint density at radius 2 is 1.85 bits per heavy atom. The lowest BCUT2D eigenvalue weighted by atomic mass is 9.92. The largest absolute Gasteiger partial charge is 0.332 e. The van der Waals surface area contributed by atoms with E-state index in [0.717, 1.165) is 30.5 Å². The number of rotatable bonds is 0. The van der Waals surface area contributed by atoms with Crippen LogP contribution in [0.25, 0.3) is 11.1 Å². The minimum atomic E-state index is 0.192. The van der Waals surface area contributed by atoms with Gasteiger partial charge in [0.05, 0.1) is 6.04 Å². The highest BCUT2D eigenvalue weighted by Crippen LogP contribution is 2.43. The number of aryl methyl sites for hydroxylation is 1. The molecule has 2 aromatic carbocycles. The summed E-state index contributed by atoms with van der Waals surface area (Å²) in [7, 11) is 0. The second-order valence-electron chi connectivity index (χ2n) is 5.79. The summed E-state index contributed by atoms with van der Waals surface area (Å²) in [5, 5.41) is 0. The molecule has 0 N–H and O–H groups in total. The van der Waals surface area contributed by atoms with Gasteiger partial charge in [0.2, 0.25) is 0 Å². The summed E-state index contributed by atoms with van der Waals surface area (Å²) >= 11 is 0. The Morgan fingerprint density at radius 1 is 1.05 bits per heavy atom. The average molecular weight is 263 g/mol. The smallest absolute Gasteiger partial charge is 0.254 e. The van der Waals surface area contributed by atoms with Crippen LogP contribution in [-0.2, 0) is 0 Å². The maximum Gasteiger partial charge on any atom is 0.254 e. The average Bonchev–Trinajstić information content (AvgIpc) is 2.92. The Labute approximate surface area is 119 Å². The monoisotopic (exact) mass is 263 g/mol. The van der Waals surface area contributed by atoms with E-state index in [1.54, 1.807) is 0 Å². The highest BCUT2D eigenvalue weighted by Gasteiger charge is 2.36. The van der Waals surface area contributed by atoms with Crippen LogP contribution in [-0.4, -0.2) is 17.4 Å². The summed E-state index contributed by atoms with van der Waals surface area (Å²) in [6, 6.07) is 14.9. The fourth-order valence-corrected chi connectivity index (χ4v) is 3.59. The molecule has 2 aromatic rings. The molecule has 0 unspecified atom stereocenters. The van der Waals surface area contributed by atoms with Crippen molar-refractivity contribution >= 4 is 5.91 Å². The van der Waals surface area contributed by atoms with Crippen LogP contribution < -0.4 is 0 Å². The molecule has 0 saturated carbocycles. The van der Waals surface area contributed by atoms with Crippen LogP contribution in [0.15, 0.2) is 42.5 Å². The van der Waals surface area contributed by atoms with Crippen molar-refractivity contribution in [1.82, 2.24) is 4.90 Å². The number of hydrogen-bond acceptors (Lipinski definition) is 1. The van der Waals surface area contributed by atoms with Crippen molar-refractivity contribution in [3.05, 3.63) is 59.2 Å². The number of amides is 1. The normalized spacial score (nSPS) is 20.1. The molecule has 2 heterocycles. The highest BCUT2D eigenvalue weighted by atomic mass is 16.2. The van der Waals surface area contributed by atoms with Gasteiger partial charge in [0, 0.05) is 12.1 Å². The Bertz CT molecular complexity index is 704. The van der Waals surface area contributed by atoms with Crippen molar-refractivity contribution < 1.29 is 4.79 Å². The van der Waals surface area contributed by atoms with Crippen LogP contribution in [0.4, 0.5) is 0 Å². The first-order valence-corrected chi connectivity index (χ1v) is 7.26. The predicted octanol–water partition coefficient (Wildman–Crippen LogP) is 3.95. The summed E-state index contributed by atoms with van der Waals surface area (Å²) < 4.78 is 0. The number of fused-ring (bicyclic) bond motifs is 5. The molecule has 1 atom stereocenters. The van der Waals surface area contributed by atoms with Gasteiger partial charge in [-0.2, -0.15) is 0 Å². The molecule has 0 bridgehead atoms. The number of hydrogen-bond donors (Lipinski definition) is 0. The molecule has 2 nitrogen and oxygen atoms in total. The van der Waals surface area contributed by atoms with Gasteiger partial charge < -0.3 is 4.90 Å². The SMILES string of the molecule is Cc1ccc2c(c1)-c1ccccc1C(=O)N1CCC[C@@H]21. The van der Waals surface area contributed by atoms with Gasteiger partial charge in [0.25, 0.3) is 5.91 Å². The fraction of sp³-hybridized carbons (Fsp3) is 0.278. The molecule has 1 fully saturated rings. The summed E-state index contributed by atoms with van der Waals surface area (Å²) in [6.45, 7) is 2.99. The first-order chi connectivity index (χ1) is 9.75. The molecule has 1 amide bonds. The molecule has 0 spiro atoms.